The Bertz CT molecular complexity index is 648. The number of phenolic OH excluding ortho intramolecular Hbond substituents is 1. The van der Waals surface area contributed by atoms with E-state index in [0.717, 1.165) is 0 Å². The number of carbonyl (C=O) groups is 2. The van der Waals surface area contributed by atoms with Crippen LogP contribution in [0.2, 0.25) is 0 Å². The lowest BCUT2D eigenvalue weighted by molar-refractivity contribution is -0.130. The first-order valence-corrected chi connectivity index (χ1v) is 8.88. The molecule has 1 aromatic carbocycles. The molecule has 0 aliphatic carbocycles. The van der Waals surface area contributed by atoms with Crippen molar-refractivity contribution in [1.82, 2.24) is 10.6 Å². The van der Waals surface area contributed by atoms with Gasteiger partial charge in [-0.1, -0.05) is 52.8 Å². The first kappa shape index (κ1) is 22.0. The van der Waals surface area contributed by atoms with Crippen LogP contribution in [0.4, 0.5) is 0 Å². The Morgan fingerprint density at radius 1 is 1.08 bits per heavy atom. The van der Waals surface area contributed by atoms with Crippen molar-refractivity contribution in [3.05, 3.63) is 29.3 Å². The highest BCUT2D eigenvalue weighted by atomic mass is 16.3. The van der Waals surface area contributed by atoms with E-state index in [0.29, 0.717) is 17.5 Å². The molecule has 26 heavy (non-hydrogen) atoms. The van der Waals surface area contributed by atoms with Crippen molar-refractivity contribution in [3.63, 3.8) is 0 Å². The minimum Gasteiger partial charge on any atom is -0.507 e. The lowest BCUT2D eigenvalue weighted by atomic mass is 9.83. The zero-order chi connectivity index (χ0) is 20.1. The second-order valence-electron chi connectivity index (χ2n) is 8.48. The van der Waals surface area contributed by atoms with E-state index in [2.05, 4.69) is 10.6 Å². The minimum absolute atomic E-state index is 0.0952. The molecule has 0 aliphatic heterocycles. The maximum atomic E-state index is 12.4. The number of para-hydroxylation sites is 1. The smallest absolute Gasteiger partial charge is 0.226 e. The number of hydrogen-bond acceptors (Lipinski definition) is 4. The summed E-state index contributed by atoms with van der Waals surface area (Å²) in [5, 5.41) is 25.2. The molecule has 0 aliphatic rings. The quantitative estimate of drug-likeness (QED) is 0.595. The Morgan fingerprint density at radius 3 is 2.19 bits per heavy atom. The second-order valence-corrected chi connectivity index (χ2v) is 8.48. The molecule has 0 radical (unpaired) electrons. The number of benzene rings is 1. The molecule has 6 nitrogen and oxygen atoms in total. The Labute approximate surface area is 156 Å². The van der Waals surface area contributed by atoms with Gasteiger partial charge in [-0.2, -0.15) is 0 Å². The standard InChI is InChI=1S/C20H32N2O4/c1-13(12-23)22-18(26)20(5,6)10-14-8-7-9-15(16(14)24)11-21-17(25)19(2,3)4/h7-9,13,23-24H,10-12H2,1-6H3,(H,21,25)(H,22,26). The molecule has 6 heteroatoms. The van der Waals surface area contributed by atoms with E-state index in [1.165, 1.54) is 0 Å². The molecule has 0 fully saturated rings. The molecule has 4 N–H and O–H groups in total. The summed E-state index contributed by atoms with van der Waals surface area (Å²) >= 11 is 0. The van der Waals surface area contributed by atoms with Crippen molar-refractivity contribution >= 4 is 11.8 Å². The van der Waals surface area contributed by atoms with Crippen LogP contribution in [-0.2, 0) is 22.6 Å². The molecule has 0 spiro atoms. The summed E-state index contributed by atoms with van der Waals surface area (Å²) in [6, 6.07) is 5.00. The van der Waals surface area contributed by atoms with Crippen molar-refractivity contribution in [1.29, 1.82) is 0 Å². The molecule has 1 rings (SSSR count). The highest BCUT2D eigenvalue weighted by molar-refractivity contribution is 5.82. The third kappa shape index (κ3) is 6.02. The Kier molecular flexibility index (Phi) is 7.21. The van der Waals surface area contributed by atoms with Gasteiger partial charge in [0, 0.05) is 29.0 Å². The van der Waals surface area contributed by atoms with E-state index in [4.69, 9.17) is 5.11 Å². The highest BCUT2D eigenvalue weighted by Crippen LogP contribution is 2.30. The van der Waals surface area contributed by atoms with Crippen LogP contribution in [0.15, 0.2) is 18.2 Å². The van der Waals surface area contributed by atoms with E-state index >= 15 is 0 Å². The fourth-order valence-corrected chi connectivity index (χ4v) is 2.39. The maximum absolute atomic E-state index is 12.4. The number of aliphatic hydroxyl groups excluding tert-OH is 1. The van der Waals surface area contributed by atoms with Crippen LogP contribution >= 0.6 is 0 Å². The zero-order valence-electron chi connectivity index (χ0n) is 16.6. The number of hydrogen-bond donors (Lipinski definition) is 4. The largest absolute Gasteiger partial charge is 0.507 e. The van der Waals surface area contributed by atoms with Crippen LogP contribution in [0.5, 0.6) is 5.75 Å². The first-order valence-electron chi connectivity index (χ1n) is 8.88. The number of nitrogens with one attached hydrogen (secondary N) is 2. The molecule has 0 aromatic heterocycles. The number of phenols is 1. The van der Waals surface area contributed by atoms with E-state index in [1.54, 1.807) is 39.0 Å². The Morgan fingerprint density at radius 2 is 1.65 bits per heavy atom. The third-order valence-corrected chi connectivity index (χ3v) is 4.22. The van der Waals surface area contributed by atoms with Gasteiger partial charge in [-0.05, 0) is 18.9 Å². The van der Waals surface area contributed by atoms with Crippen LogP contribution in [0.1, 0.15) is 52.7 Å². The number of aliphatic hydroxyl groups is 1. The van der Waals surface area contributed by atoms with Crippen molar-refractivity contribution < 1.29 is 19.8 Å². The number of rotatable bonds is 7. The molecule has 1 atom stereocenters. The predicted molar refractivity (Wildman–Crippen MR) is 102 cm³/mol. The molecular weight excluding hydrogens is 332 g/mol. The summed E-state index contributed by atoms with van der Waals surface area (Å²) in [6.45, 7) is 10.9. The zero-order valence-corrected chi connectivity index (χ0v) is 16.6. The van der Waals surface area contributed by atoms with Gasteiger partial charge in [-0.25, -0.2) is 0 Å². The van der Waals surface area contributed by atoms with Crippen LogP contribution in [0.25, 0.3) is 0 Å². The lowest BCUT2D eigenvalue weighted by Gasteiger charge is -2.26. The van der Waals surface area contributed by atoms with Gasteiger partial charge in [0.1, 0.15) is 5.75 Å². The number of aromatic hydroxyl groups is 1. The summed E-state index contributed by atoms with van der Waals surface area (Å²) in [4.78, 5) is 24.4. The summed E-state index contributed by atoms with van der Waals surface area (Å²) < 4.78 is 0. The van der Waals surface area contributed by atoms with Gasteiger partial charge in [0.25, 0.3) is 0 Å². The molecule has 2 amide bonds. The summed E-state index contributed by atoms with van der Waals surface area (Å²) in [5.41, 5.74) is -0.00501. The summed E-state index contributed by atoms with van der Waals surface area (Å²) in [7, 11) is 0. The van der Waals surface area contributed by atoms with E-state index < -0.39 is 10.8 Å². The van der Waals surface area contributed by atoms with Gasteiger partial charge in [0.2, 0.25) is 11.8 Å². The molecule has 1 unspecified atom stereocenters. The van der Waals surface area contributed by atoms with Gasteiger partial charge < -0.3 is 20.8 Å². The molecule has 0 saturated heterocycles. The fourth-order valence-electron chi connectivity index (χ4n) is 2.39. The van der Waals surface area contributed by atoms with Crippen molar-refractivity contribution in [3.8, 4) is 5.75 Å². The van der Waals surface area contributed by atoms with Crippen molar-refractivity contribution in [2.45, 2.75) is 60.5 Å². The molecule has 1 aromatic rings. The fraction of sp³-hybridized carbons (Fsp3) is 0.600. The van der Waals surface area contributed by atoms with Gasteiger partial charge in [0.15, 0.2) is 0 Å². The van der Waals surface area contributed by atoms with Crippen LogP contribution in [0, 0.1) is 10.8 Å². The molecule has 0 bridgehead atoms. The van der Waals surface area contributed by atoms with Crippen LogP contribution < -0.4 is 10.6 Å². The van der Waals surface area contributed by atoms with Crippen molar-refractivity contribution in [2.24, 2.45) is 10.8 Å². The average molecular weight is 364 g/mol. The van der Waals surface area contributed by atoms with Gasteiger partial charge in [-0.3, -0.25) is 9.59 Å². The SMILES string of the molecule is CC(CO)NC(=O)C(C)(C)Cc1cccc(CNC(=O)C(C)(C)C)c1O. The maximum Gasteiger partial charge on any atom is 0.226 e. The van der Waals surface area contributed by atoms with Gasteiger partial charge >= 0.3 is 0 Å². The monoisotopic (exact) mass is 364 g/mol. The van der Waals surface area contributed by atoms with Gasteiger partial charge in [0.05, 0.1) is 6.61 Å². The van der Waals surface area contributed by atoms with E-state index in [9.17, 15) is 14.7 Å². The molecular formula is C20H32N2O4. The first-order chi connectivity index (χ1) is 11.9. The minimum atomic E-state index is -0.756. The predicted octanol–water partition coefficient (Wildman–Crippen LogP) is 2.12. The topological polar surface area (TPSA) is 98.7 Å². The lowest BCUT2D eigenvalue weighted by Crippen LogP contribution is -2.44. The van der Waals surface area contributed by atoms with E-state index in [-0.39, 0.29) is 36.8 Å². The summed E-state index contributed by atoms with van der Waals surface area (Å²) in [6.07, 6.45) is 0.337. The molecule has 146 valence electrons. The second kappa shape index (κ2) is 8.54. The number of amides is 2. The van der Waals surface area contributed by atoms with Crippen LogP contribution in [-0.4, -0.2) is 34.7 Å². The van der Waals surface area contributed by atoms with Gasteiger partial charge in [-0.15, -0.1) is 0 Å². The van der Waals surface area contributed by atoms with E-state index in [1.807, 2.05) is 20.8 Å². The molecule has 0 saturated carbocycles. The molecule has 0 heterocycles. The number of carbonyl (C=O) groups excluding carboxylic acids is 2. The Hall–Kier alpha value is -2.08. The van der Waals surface area contributed by atoms with Crippen molar-refractivity contribution in [2.75, 3.05) is 6.61 Å². The third-order valence-electron chi connectivity index (χ3n) is 4.22. The normalized spacial score (nSPS) is 13.2. The average Bonchev–Trinajstić information content (AvgIpc) is 2.54. The Balaban J connectivity index is 2.89. The van der Waals surface area contributed by atoms with Crippen LogP contribution in [0.3, 0.4) is 0 Å². The highest BCUT2D eigenvalue weighted by Gasteiger charge is 2.30. The summed E-state index contributed by atoms with van der Waals surface area (Å²) in [5.74, 6) is -0.192.